The lowest BCUT2D eigenvalue weighted by Gasteiger charge is -2.36. The van der Waals surface area contributed by atoms with Crippen LogP contribution in [-0.2, 0) is 27.0 Å². The Morgan fingerprint density at radius 1 is 1.28 bits per heavy atom. The summed E-state index contributed by atoms with van der Waals surface area (Å²) in [4.78, 5) is 14.7. The lowest BCUT2D eigenvalue weighted by molar-refractivity contribution is -0.257. The molecule has 12 heteroatoms. The van der Waals surface area contributed by atoms with E-state index >= 15 is 0 Å². The van der Waals surface area contributed by atoms with Crippen molar-refractivity contribution in [1.82, 2.24) is 5.06 Å². The molecule has 0 radical (unpaired) electrons. The van der Waals surface area contributed by atoms with Gasteiger partial charge in [0.05, 0.1) is 10.6 Å². The van der Waals surface area contributed by atoms with Crippen molar-refractivity contribution in [3.8, 4) is 0 Å². The van der Waals surface area contributed by atoms with Gasteiger partial charge in [0.2, 0.25) is 0 Å². The van der Waals surface area contributed by atoms with Crippen molar-refractivity contribution < 1.29 is 40.5 Å². The first-order chi connectivity index (χ1) is 11.4. The fraction of sp³-hybridized carbons (Fsp3) is 0.462. The molecule has 4 nitrogen and oxygen atoms in total. The van der Waals surface area contributed by atoms with E-state index < -0.39 is 35.1 Å². The molecule has 1 fully saturated rings. The normalized spacial score (nSPS) is 17.9. The van der Waals surface area contributed by atoms with Gasteiger partial charge in [-0.05, 0) is 29.4 Å². The number of hydroxylamine groups is 2. The fourth-order valence-electron chi connectivity index (χ4n) is 2.04. The molecule has 0 aliphatic carbocycles. The maximum Gasteiger partial charge on any atom is 0.492 e. The molecule has 1 heterocycles. The Bertz CT molecular complexity index is 648. The van der Waals surface area contributed by atoms with Crippen LogP contribution in [0.15, 0.2) is 23.1 Å². The molecule has 1 atom stereocenters. The Hall–Kier alpha value is -1.17. The van der Waals surface area contributed by atoms with Crippen LogP contribution in [0.1, 0.15) is 5.56 Å². The molecule has 1 aliphatic heterocycles. The second-order valence-electron chi connectivity index (χ2n) is 5.24. The topological polar surface area (TPSA) is 52.6 Å². The van der Waals surface area contributed by atoms with E-state index in [1.54, 1.807) is 0 Å². The van der Waals surface area contributed by atoms with Gasteiger partial charge < -0.3 is 9.39 Å². The molecular formula is C13H10ClF6NO3S. The average Bonchev–Trinajstić information content (AvgIpc) is 2.42. The number of carbonyl (C=O) groups is 1. The zero-order valence-corrected chi connectivity index (χ0v) is 13.7. The van der Waals surface area contributed by atoms with Gasteiger partial charge in [-0.2, -0.15) is 26.3 Å². The largest absolute Gasteiger partial charge is 0.611 e. The number of carbonyl (C=O) groups excluding carboxylic acids is 1. The van der Waals surface area contributed by atoms with Crippen LogP contribution in [0.4, 0.5) is 26.3 Å². The first kappa shape index (κ1) is 20.1. The van der Waals surface area contributed by atoms with Crippen LogP contribution in [0, 0.1) is 5.92 Å². The molecule has 1 aromatic carbocycles. The molecule has 0 spiro atoms. The Labute approximate surface area is 145 Å². The highest BCUT2D eigenvalue weighted by Crippen LogP contribution is 2.34. The summed E-state index contributed by atoms with van der Waals surface area (Å²) < 4.78 is 85.8. The van der Waals surface area contributed by atoms with Crippen molar-refractivity contribution in [3.05, 3.63) is 28.8 Å². The number of benzene rings is 1. The van der Waals surface area contributed by atoms with Crippen LogP contribution < -0.4 is 0 Å². The van der Waals surface area contributed by atoms with Crippen LogP contribution in [0.25, 0.3) is 0 Å². The van der Waals surface area contributed by atoms with E-state index in [9.17, 15) is 35.7 Å². The van der Waals surface area contributed by atoms with Crippen molar-refractivity contribution in [2.75, 3.05) is 18.8 Å². The summed E-state index contributed by atoms with van der Waals surface area (Å²) in [7, 11) is 0. The van der Waals surface area contributed by atoms with Crippen LogP contribution in [0.3, 0.4) is 0 Å². The van der Waals surface area contributed by atoms with Crippen LogP contribution in [-0.4, -0.2) is 40.6 Å². The van der Waals surface area contributed by atoms with Gasteiger partial charge in [-0.15, -0.1) is 5.06 Å². The molecule has 2 rings (SSSR count). The highest BCUT2D eigenvalue weighted by atomic mass is 35.5. The highest BCUT2D eigenvalue weighted by molar-refractivity contribution is 7.91. The third-order valence-electron chi connectivity index (χ3n) is 3.26. The number of hydrogen-bond acceptors (Lipinski definition) is 4. The Kier molecular flexibility index (Phi) is 5.81. The first-order valence-electron chi connectivity index (χ1n) is 6.67. The van der Waals surface area contributed by atoms with Crippen molar-refractivity contribution in [2.24, 2.45) is 5.92 Å². The van der Waals surface area contributed by atoms with Gasteiger partial charge in [-0.3, -0.25) is 0 Å². The lowest BCUT2D eigenvalue weighted by atomic mass is 10.1. The van der Waals surface area contributed by atoms with Gasteiger partial charge in [0, 0.05) is 19.0 Å². The summed E-state index contributed by atoms with van der Waals surface area (Å²) >= 11 is 3.98. The second kappa shape index (κ2) is 7.22. The molecule has 0 N–H and O–H groups in total. The van der Waals surface area contributed by atoms with Crippen LogP contribution in [0.2, 0.25) is 5.02 Å². The minimum absolute atomic E-state index is 0.000373. The van der Waals surface area contributed by atoms with Crippen molar-refractivity contribution in [2.45, 2.75) is 17.2 Å². The van der Waals surface area contributed by atoms with E-state index in [0.717, 1.165) is 17.2 Å². The Morgan fingerprint density at radius 2 is 1.88 bits per heavy atom. The van der Waals surface area contributed by atoms with Crippen LogP contribution in [0.5, 0.6) is 0 Å². The molecule has 1 aliphatic rings. The standard InChI is InChI=1S/C13H10ClF6NO3S/c14-9-3-8(12(15,16)17)1-2-10(9)25(23)6-7-4-21(5-7)24-11(22)13(18,19)20/h1-3,7H,4-6H2. The molecule has 1 unspecified atom stereocenters. The summed E-state index contributed by atoms with van der Waals surface area (Å²) in [5, 5.41) is 0.458. The summed E-state index contributed by atoms with van der Waals surface area (Å²) in [5.41, 5.74) is -0.980. The zero-order chi connectivity index (χ0) is 19.0. The van der Waals surface area contributed by atoms with E-state index in [-0.39, 0.29) is 34.7 Å². The Balaban J connectivity index is 1.88. The number of nitrogens with zero attached hydrogens (tertiary/aromatic N) is 1. The summed E-state index contributed by atoms with van der Waals surface area (Å²) in [6.45, 7) is -0.127. The molecule has 0 saturated carbocycles. The first-order valence-corrected chi connectivity index (χ1v) is 8.37. The van der Waals surface area contributed by atoms with Gasteiger partial charge in [0.15, 0.2) is 4.90 Å². The van der Waals surface area contributed by atoms with E-state index in [1.807, 2.05) is 0 Å². The third kappa shape index (κ3) is 5.16. The van der Waals surface area contributed by atoms with Crippen molar-refractivity contribution in [3.63, 3.8) is 0 Å². The van der Waals surface area contributed by atoms with Gasteiger partial charge in [-0.1, -0.05) is 11.6 Å². The minimum Gasteiger partial charge on any atom is -0.611 e. The number of rotatable bonds is 4. The van der Waals surface area contributed by atoms with Crippen molar-refractivity contribution >= 4 is 28.7 Å². The number of hydrogen-bond donors (Lipinski definition) is 0. The molecule has 0 aromatic heterocycles. The summed E-state index contributed by atoms with van der Waals surface area (Å²) in [5.74, 6) is -2.73. The highest BCUT2D eigenvalue weighted by Gasteiger charge is 2.45. The van der Waals surface area contributed by atoms with E-state index in [1.165, 1.54) is 0 Å². The van der Waals surface area contributed by atoms with Crippen molar-refractivity contribution in [1.29, 1.82) is 0 Å². The minimum atomic E-state index is -5.11. The molecule has 0 amide bonds. The van der Waals surface area contributed by atoms with E-state index in [0.29, 0.717) is 6.07 Å². The van der Waals surface area contributed by atoms with Crippen LogP contribution >= 0.6 is 11.6 Å². The number of alkyl halides is 6. The molecular weight excluding hydrogens is 400 g/mol. The Morgan fingerprint density at radius 3 is 2.36 bits per heavy atom. The predicted molar refractivity (Wildman–Crippen MR) is 74.9 cm³/mol. The van der Waals surface area contributed by atoms with E-state index in [4.69, 9.17) is 11.6 Å². The van der Waals surface area contributed by atoms with Gasteiger partial charge in [0.25, 0.3) is 0 Å². The third-order valence-corrected chi connectivity index (χ3v) is 5.30. The monoisotopic (exact) mass is 409 g/mol. The smallest absolute Gasteiger partial charge is 0.492 e. The molecule has 140 valence electrons. The number of halogens is 7. The van der Waals surface area contributed by atoms with Gasteiger partial charge in [-0.25, -0.2) is 4.79 Å². The fourth-order valence-corrected chi connectivity index (χ4v) is 3.79. The predicted octanol–water partition coefficient (Wildman–Crippen LogP) is 3.42. The molecule has 1 saturated heterocycles. The maximum atomic E-state index is 12.5. The molecule has 25 heavy (non-hydrogen) atoms. The maximum absolute atomic E-state index is 12.5. The van der Waals surface area contributed by atoms with E-state index in [2.05, 4.69) is 4.84 Å². The SMILES string of the molecule is O=C(ON1CC(C[S+]([O-])c2ccc(C(F)(F)F)cc2Cl)C1)C(F)(F)F. The lowest BCUT2D eigenvalue weighted by Crippen LogP contribution is -2.51. The van der Waals surface area contributed by atoms with Gasteiger partial charge >= 0.3 is 18.3 Å². The zero-order valence-electron chi connectivity index (χ0n) is 12.2. The quantitative estimate of drug-likeness (QED) is 0.565. The average molecular weight is 410 g/mol. The second-order valence-corrected chi connectivity index (χ2v) is 7.12. The molecule has 1 aromatic rings. The summed E-state index contributed by atoms with van der Waals surface area (Å²) in [6, 6.07) is 2.41. The van der Waals surface area contributed by atoms with Gasteiger partial charge in [0.1, 0.15) is 5.75 Å². The summed E-state index contributed by atoms with van der Waals surface area (Å²) in [6.07, 6.45) is -9.69. The molecule has 0 bridgehead atoms.